The third-order valence-electron chi connectivity index (χ3n) is 2.52. The van der Waals surface area contributed by atoms with Gasteiger partial charge in [-0.05, 0) is 30.7 Å². The Balaban J connectivity index is 1.97. The molecule has 17 heavy (non-hydrogen) atoms. The molecule has 0 atom stereocenters. The molecule has 1 heterocycles. The summed E-state index contributed by atoms with van der Waals surface area (Å²) in [7, 11) is 0. The first-order chi connectivity index (χ1) is 8.16. The molecule has 0 spiro atoms. The largest absolute Gasteiger partial charge is 0.468 e. The van der Waals surface area contributed by atoms with Gasteiger partial charge in [-0.1, -0.05) is 0 Å². The summed E-state index contributed by atoms with van der Waals surface area (Å²) < 4.78 is 31.6. The molecule has 0 bridgehead atoms. The van der Waals surface area contributed by atoms with E-state index in [4.69, 9.17) is 4.42 Å². The van der Waals surface area contributed by atoms with Crippen molar-refractivity contribution in [3.8, 4) is 0 Å². The van der Waals surface area contributed by atoms with E-state index in [1.807, 2.05) is 6.07 Å². The molecule has 2 rings (SSSR count). The Morgan fingerprint density at radius 1 is 1.18 bits per heavy atom. The number of furan rings is 1. The van der Waals surface area contributed by atoms with Crippen molar-refractivity contribution in [2.75, 3.05) is 0 Å². The molecule has 0 saturated heterocycles. The second-order valence-corrected chi connectivity index (χ2v) is 3.88. The number of aryl methyl sites for hydroxylation is 1. The van der Waals surface area contributed by atoms with Crippen LogP contribution >= 0.6 is 0 Å². The molecule has 0 saturated carbocycles. The lowest BCUT2D eigenvalue weighted by molar-refractivity contribution is 0.478. The van der Waals surface area contributed by atoms with E-state index in [2.05, 4.69) is 5.32 Å². The minimum Gasteiger partial charge on any atom is -0.468 e. The highest BCUT2D eigenvalue weighted by Gasteiger charge is 2.07. The van der Waals surface area contributed by atoms with E-state index in [-0.39, 0.29) is 0 Å². The van der Waals surface area contributed by atoms with Crippen LogP contribution < -0.4 is 5.32 Å². The molecule has 0 radical (unpaired) electrons. The lowest BCUT2D eigenvalue weighted by Crippen LogP contribution is -2.13. The predicted molar refractivity (Wildman–Crippen MR) is 60.3 cm³/mol. The third-order valence-corrected chi connectivity index (χ3v) is 2.52. The smallest absolute Gasteiger partial charge is 0.130 e. The number of benzene rings is 1. The molecule has 2 aromatic rings. The van der Waals surface area contributed by atoms with Gasteiger partial charge in [0.2, 0.25) is 0 Å². The van der Waals surface area contributed by atoms with Gasteiger partial charge in [-0.2, -0.15) is 0 Å². The summed E-state index contributed by atoms with van der Waals surface area (Å²) in [6.07, 6.45) is 1.58. The van der Waals surface area contributed by atoms with Gasteiger partial charge in [0.15, 0.2) is 0 Å². The maximum absolute atomic E-state index is 13.4. The first-order valence-electron chi connectivity index (χ1n) is 5.34. The van der Waals surface area contributed by atoms with Gasteiger partial charge in [0.1, 0.15) is 17.4 Å². The van der Waals surface area contributed by atoms with Gasteiger partial charge in [0, 0.05) is 18.2 Å². The molecule has 0 aliphatic carbocycles. The summed E-state index contributed by atoms with van der Waals surface area (Å²) in [5.74, 6) is -0.262. The van der Waals surface area contributed by atoms with Gasteiger partial charge in [0.05, 0.1) is 12.8 Å². The maximum Gasteiger partial charge on any atom is 0.130 e. The van der Waals surface area contributed by atoms with Gasteiger partial charge in [-0.15, -0.1) is 0 Å². The van der Waals surface area contributed by atoms with Crippen molar-refractivity contribution in [2.45, 2.75) is 20.0 Å². The van der Waals surface area contributed by atoms with Crippen LogP contribution in [0.2, 0.25) is 0 Å². The Kier molecular flexibility index (Phi) is 3.54. The van der Waals surface area contributed by atoms with Crippen LogP contribution in [0, 0.1) is 18.6 Å². The van der Waals surface area contributed by atoms with E-state index in [0.29, 0.717) is 24.2 Å². The molecule has 1 aromatic heterocycles. The van der Waals surface area contributed by atoms with Crippen molar-refractivity contribution in [1.82, 2.24) is 5.32 Å². The molecular weight excluding hydrogens is 224 g/mol. The van der Waals surface area contributed by atoms with E-state index < -0.39 is 11.6 Å². The Morgan fingerprint density at radius 3 is 2.71 bits per heavy atom. The van der Waals surface area contributed by atoms with Crippen LogP contribution in [0.4, 0.5) is 8.78 Å². The van der Waals surface area contributed by atoms with Gasteiger partial charge in [-0.25, -0.2) is 8.78 Å². The molecule has 4 heteroatoms. The maximum atomic E-state index is 13.4. The van der Waals surface area contributed by atoms with Crippen LogP contribution in [0.15, 0.2) is 34.9 Å². The van der Waals surface area contributed by atoms with Gasteiger partial charge in [0.25, 0.3) is 0 Å². The van der Waals surface area contributed by atoms with E-state index in [9.17, 15) is 8.78 Å². The molecule has 1 aromatic carbocycles. The first kappa shape index (κ1) is 11.8. The number of nitrogens with one attached hydrogen (secondary N) is 1. The van der Waals surface area contributed by atoms with Gasteiger partial charge in [-0.3, -0.25) is 0 Å². The van der Waals surface area contributed by atoms with Crippen molar-refractivity contribution in [3.05, 3.63) is 59.1 Å². The summed E-state index contributed by atoms with van der Waals surface area (Å²) in [6, 6.07) is 6.05. The van der Waals surface area contributed by atoms with Gasteiger partial charge >= 0.3 is 0 Å². The number of hydrogen-bond acceptors (Lipinski definition) is 2. The van der Waals surface area contributed by atoms with Crippen molar-refractivity contribution in [1.29, 1.82) is 0 Å². The molecule has 0 amide bonds. The average molecular weight is 237 g/mol. The lowest BCUT2D eigenvalue weighted by atomic mass is 10.1. The Labute approximate surface area is 98.3 Å². The normalized spacial score (nSPS) is 10.8. The quantitative estimate of drug-likeness (QED) is 0.883. The summed E-state index contributed by atoms with van der Waals surface area (Å²) in [5, 5.41) is 3.04. The monoisotopic (exact) mass is 237 g/mol. The van der Waals surface area contributed by atoms with Crippen LogP contribution in [-0.2, 0) is 13.1 Å². The number of rotatable bonds is 4. The molecule has 90 valence electrons. The third kappa shape index (κ3) is 2.91. The van der Waals surface area contributed by atoms with E-state index in [1.165, 1.54) is 6.07 Å². The van der Waals surface area contributed by atoms with Crippen LogP contribution in [-0.4, -0.2) is 0 Å². The van der Waals surface area contributed by atoms with E-state index in [0.717, 1.165) is 11.8 Å². The zero-order chi connectivity index (χ0) is 12.3. The van der Waals surface area contributed by atoms with Crippen molar-refractivity contribution >= 4 is 0 Å². The van der Waals surface area contributed by atoms with E-state index in [1.54, 1.807) is 19.3 Å². The number of halogens is 2. The summed E-state index contributed by atoms with van der Waals surface area (Å²) in [6.45, 7) is 2.47. The zero-order valence-electron chi connectivity index (χ0n) is 9.47. The van der Waals surface area contributed by atoms with E-state index >= 15 is 0 Å². The number of hydrogen-bond donors (Lipinski definition) is 1. The molecule has 1 N–H and O–H groups in total. The molecular formula is C13H13F2NO. The van der Waals surface area contributed by atoms with Crippen LogP contribution in [0.5, 0.6) is 0 Å². The second-order valence-electron chi connectivity index (χ2n) is 3.88. The fourth-order valence-corrected chi connectivity index (χ4v) is 1.59. The lowest BCUT2D eigenvalue weighted by Gasteiger charge is -2.06. The van der Waals surface area contributed by atoms with Crippen LogP contribution in [0.1, 0.15) is 16.9 Å². The average Bonchev–Trinajstić information content (AvgIpc) is 2.78. The highest BCUT2D eigenvalue weighted by Crippen LogP contribution is 2.14. The summed E-state index contributed by atoms with van der Waals surface area (Å²) in [4.78, 5) is 0. The topological polar surface area (TPSA) is 25.2 Å². The van der Waals surface area contributed by atoms with Crippen molar-refractivity contribution < 1.29 is 13.2 Å². The molecule has 0 aliphatic heterocycles. The van der Waals surface area contributed by atoms with Crippen molar-refractivity contribution in [3.63, 3.8) is 0 Å². The molecule has 0 unspecified atom stereocenters. The standard InChI is InChI=1S/C13H13F2NO/c1-9-5-10(13(15)6-12(9)14)7-16-8-11-3-2-4-17-11/h2-6,16H,7-8H2,1H3. The minimum atomic E-state index is -0.528. The Hall–Kier alpha value is -1.68. The van der Waals surface area contributed by atoms with Crippen LogP contribution in [0.3, 0.4) is 0 Å². The fraction of sp³-hybridized carbons (Fsp3) is 0.231. The predicted octanol–water partition coefficient (Wildman–Crippen LogP) is 3.16. The highest BCUT2D eigenvalue weighted by atomic mass is 19.1. The Bertz CT molecular complexity index is 494. The Morgan fingerprint density at radius 2 is 2.00 bits per heavy atom. The fourth-order valence-electron chi connectivity index (χ4n) is 1.59. The first-order valence-corrected chi connectivity index (χ1v) is 5.34. The minimum absolute atomic E-state index is 0.341. The van der Waals surface area contributed by atoms with Crippen molar-refractivity contribution in [2.24, 2.45) is 0 Å². The SMILES string of the molecule is Cc1cc(CNCc2ccco2)c(F)cc1F. The van der Waals surface area contributed by atoms with Crippen LogP contribution in [0.25, 0.3) is 0 Å². The second kappa shape index (κ2) is 5.10. The highest BCUT2D eigenvalue weighted by molar-refractivity contribution is 5.25. The summed E-state index contributed by atoms with van der Waals surface area (Å²) >= 11 is 0. The zero-order valence-corrected chi connectivity index (χ0v) is 9.47. The molecule has 0 fully saturated rings. The van der Waals surface area contributed by atoms with Gasteiger partial charge < -0.3 is 9.73 Å². The molecule has 0 aliphatic rings. The molecule has 2 nitrogen and oxygen atoms in total. The summed E-state index contributed by atoms with van der Waals surface area (Å²) in [5.41, 5.74) is 0.900.